The van der Waals surface area contributed by atoms with E-state index >= 15 is 0 Å². The van der Waals surface area contributed by atoms with Crippen LogP contribution in [0.5, 0.6) is 5.88 Å². The van der Waals surface area contributed by atoms with Gasteiger partial charge in [-0.1, -0.05) is 0 Å². The van der Waals surface area contributed by atoms with E-state index in [1.54, 1.807) is 18.3 Å². The molecule has 0 aliphatic carbocycles. The van der Waals surface area contributed by atoms with E-state index in [2.05, 4.69) is 4.98 Å². The molecule has 2 rings (SSSR count). The number of aromatic nitrogens is 1. The van der Waals surface area contributed by atoms with Crippen LogP contribution in [0.4, 0.5) is 0 Å². The molecule has 1 aromatic rings. The second-order valence-electron chi connectivity index (χ2n) is 3.07. The molecule has 1 aromatic heterocycles. The van der Waals surface area contributed by atoms with E-state index in [1.165, 1.54) is 0 Å². The molecule has 0 bridgehead atoms. The summed E-state index contributed by atoms with van der Waals surface area (Å²) in [7, 11) is 0. The third kappa shape index (κ3) is 1.82. The molecule has 1 fully saturated rings. The van der Waals surface area contributed by atoms with Gasteiger partial charge in [-0.3, -0.25) is 5.41 Å². The number of nitrogens with two attached hydrogens (primary N) is 1. The lowest BCUT2D eigenvalue weighted by molar-refractivity contribution is -0.0813. The first-order valence-corrected chi connectivity index (χ1v) is 4.30. The Hall–Kier alpha value is -1.62. The maximum atomic E-state index is 7.24. The van der Waals surface area contributed by atoms with Crippen molar-refractivity contribution in [3.63, 3.8) is 0 Å². The summed E-state index contributed by atoms with van der Waals surface area (Å²) in [5.41, 5.74) is 5.96. The average molecular weight is 193 g/mol. The van der Waals surface area contributed by atoms with Crippen molar-refractivity contribution >= 4 is 5.84 Å². The summed E-state index contributed by atoms with van der Waals surface area (Å²) in [6, 6.07) is 3.33. The van der Waals surface area contributed by atoms with Gasteiger partial charge in [-0.05, 0) is 6.07 Å². The van der Waals surface area contributed by atoms with Crippen LogP contribution in [-0.2, 0) is 4.74 Å². The number of nitrogen functional groups attached to an aromatic ring is 1. The predicted octanol–water partition coefficient (Wildman–Crippen LogP) is 0.143. The summed E-state index contributed by atoms with van der Waals surface area (Å²) in [6.45, 7) is 1.21. The van der Waals surface area contributed by atoms with E-state index in [-0.39, 0.29) is 11.9 Å². The summed E-state index contributed by atoms with van der Waals surface area (Å²) in [6.07, 6.45) is 1.66. The molecule has 1 saturated heterocycles. The predicted molar refractivity (Wildman–Crippen MR) is 50.5 cm³/mol. The molecular formula is C9H11N3O2. The first-order valence-electron chi connectivity index (χ1n) is 4.30. The van der Waals surface area contributed by atoms with Gasteiger partial charge in [0.05, 0.1) is 13.2 Å². The van der Waals surface area contributed by atoms with Crippen molar-refractivity contribution < 1.29 is 9.47 Å². The van der Waals surface area contributed by atoms with Gasteiger partial charge in [-0.2, -0.15) is 0 Å². The minimum absolute atomic E-state index is 0.0158. The lowest BCUT2D eigenvalue weighted by Gasteiger charge is -2.26. The molecule has 5 heteroatoms. The Labute approximate surface area is 81.4 Å². The second kappa shape index (κ2) is 3.63. The fourth-order valence-corrected chi connectivity index (χ4v) is 1.09. The van der Waals surface area contributed by atoms with Crippen LogP contribution in [0.1, 0.15) is 5.56 Å². The Bertz CT molecular complexity index is 350. The topological polar surface area (TPSA) is 81.2 Å². The molecule has 0 atom stereocenters. The van der Waals surface area contributed by atoms with E-state index in [4.69, 9.17) is 20.6 Å². The lowest BCUT2D eigenvalue weighted by Crippen LogP contribution is -2.38. The van der Waals surface area contributed by atoms with Crippen LogP contribution < -0.4 is 10.5 Å². The van der Waals surface area contributed by atoms with Crippen molar-refractivity contribution in [3.05, 3.63) is 23.9 Å². The van der Waals surface area contributed by atoms with Gasteiger partial charge in [0.15, 0.2) is 0 Å². The van der Waals surface area contributed by atoms with E-state index in [0.717, 1.165) is 0 Å². The lowest BCUT2D eigenvalue weighted by atomic mass is 10.2. The molecule has 3 N–H and O–H groups in total. The number of amidine groups is 1. The van der Waals surface area contributed by atoms with Crippen LogP contribution >= 0.6 is 0 Å². The molecule has 0 saturated carbocycles. The van der Waals surface area contributed by atoms with E-state index in [9.17, 15) is 0 Å². The monoisotopic (exact) mass is 193 g/mol. The van der Waals surface area contributed by atoms with E-state index in [1.807, 2.05) is 0 Å². The molecule has 74 valence electrons. The molecule has 2 heterocycles. The van der Waals surface area contributed by atoms with Crippen molar-refractivity contribution in [1.82, 2.24) is 4.98 Å². The number of rotatable bonds is 3. The van der Waals surface area contributed by atoms with Gasteiger partial charge in [-0.15, -0.1) is 0 Å². The quantitative estimate of drug-likeness (QED) is 0.528. The summed E-state index contributed by atoms with van der Waals surface area (Å²) >= 11 is 0. The highest BCUT2D eigenvalue weighted by molar-refractivity contribution is 5.95. The fraction of sp³-hybridized carbons (Fsp3) is 0.333. The van der Waals surface area contributed by atoms with Crippen LogP contribution in [0.25, 0.3) is 0 Å². The number of pyridine rings is 1. The Morgan fingerprint density at radius 2 is 2.43 bits per heavy atom. The van der Waals surface area contributed by atoms with Crippen molar-refractivity contribution in [2.24, 2.45) is 5.73 Å². The molecule has 14 heavy (non-hydrogen) atoms. The smallest absolute Gasteiger partial charge is 0.214 e. The van der Waals surface area contributed by atoms with Crippen molar-refractivity contribution in [1.29, 1.82) is 5.41 Å². The van der Waals surface area contributed by atoms with Crippen LogP contribution in [0.15, 0.2) is 18.3 Å². The van der Waals surface area contributed by atoms with Gasteiger partial charge in [0.2, 0.25) is 5.88 Å². The second-order valence-corrected chi connectivity index (χ2v) is 3.07. The van der Waals surface area contributed by atoms with Crippen molar-refractivity contribution in [2.45, 2.75) is 6.10 Å². The van der Waals surface area contributed by atoms with Crippen LogP contribution in [-0.4, -0.2) is 30.1 Å². The fourth-order valence-electron chi connectivity index (χ4n) is 1.09. The number of nitrogens with one attached hydrogen (secondary N) is 1. The molecule has 1 aliphatic rings. The maximum Gasteiger partial charge on any atom is 0.214 e. The Kier molecular flexibility index (Phi) is 2.32. The minimum Gasteiger partial charge on any atom is -0.469 e. The van der Waals surface area contributed by atoms with Crippen molar-refractivity contribution in [2.75, 3.05) is 13.2 Å². The largest absolute Gasteiger partial charge is 0.469 e. The molecule has 0 spiro atoms. The summed E-state index contributed by atoms with van der Waals surface area (Å²) in [5.74, 6) is 0.508. The Morgan fingerprint density at radius 3 is 3.00 bits per heavy atom. The highest BCUT2D eigenvalue weighted by atomic mass is 16.6. The SMILES string of the molecule is N=C(N)c1ccnc(OC2COC2)c1. The van der Waals surface area contributed by atoms with Crippen molar-refractivity contribution in [3.8, 4) is 5.88 Å². The van der Waals surface area contributed by atoms with Gasteiger partial charge in [0.1, 0.15) is 11.9 Å². The van der Waals surface area contributed by atoms with Crippen LogP contribution in [0.3, 0.4) is 0 Å². The molecule has 5 nitrogen and oxygen atoms in total. The first-order chi connectivity index (χ1) is 6.75. The molecular weight excluding hydrogens is 182 g/mol. The van der Waals surface area contributed by atoms with Gasteiger partial charge in [0.25, 0.3) is 0 Å². The number of hydrogen-bond acceptors (Lipinski definition) is 4. The zero-order valence-electron chi connectivity index (χ0n) is 7.56. The third-order valence-electron chi connectivity index (χ3n) is 1.94. The average Bonchev–Trinajstić information content (AvgIpc) is 2.12. The highest BCUT2D eigenvalue weighted by Crippen LogP contribution is 2.14. The van der Waals surface area contributed by atoms with Crippen LogP contribution in [0, 0.1) is 5.41 Å². The number of ether oxygens (including phenoxy) is 2. The van der Waals surface area contributed by atoms with Gasteiger partial charge >= 0.3 is 0 Å². The minimum atomic E-state index is 0.0158. The molecule has 1 aliphatic heterocycles. The molecule has 0 unspecified atom stereocenters. The zero-order chi connectivity index (χ0) is 9.97. The highest BCUT2D eigenvalue weighted by Gasteiger charge is 2.20. The first kappa shape index (κ1) is 8.96. The normalized spacial score (nSPS) is 16.0. The number of nitrogens with zero attached hydrogens (tertiary/aromatic N) is 1. The summed E-state index contributed by atoms with van der Waals surface area (Å²) in [5, 5.41) is 7.24. The Balaban J connectivity index is 2.09. The number of hydrogen-bond donors (Lipinski definition) is 2. The van der Waals surface area contributed by atoms with Gasteiger partial charge in [-0.25, -0.2) is 4.98 Å². The molecule has 0 aromatic carbocycles. The van der Waals surface area contributed by atoms with Gasteiger partial charge < -0.3 is 15.2 Å². The van der Waals surface area contributed by atoms with E-state index < -0.39 is 0 Å². The van der Waals surface area contributed by atoms with E-state index in [0.29, 0.717) is 24.7 Å². The maximum absolute atomic E-state index is 7.24. The van der Waals surface area contributed by atoms with Gasteiger partial charge in [0, 0.05) is 17.8 Å². The third-order valence-corrected chi connectivity index (χ3v) is 1.94. The summed E-state index contributed by atoms with van der Waals surface area (Å²) < 4.78 is 10.4. The zero-order valence-corrected chi connectivity index (χ0v) is 7.56. The summed E-state index contributed by atoms with van der Waals surface area (Å²) in [4.78, 5) is 4.01. The molecule has 0 amide bonds. The Morgan fingerprint density at radius 1 is 1.64 bits per heavy atom. The standard InChI is InChI=1S/C9H11N3O2/c10-9(11)6-1-2-12-8(3-6)14-7-4-13-5-7/h1-3,7H,4-5H2,(H3,10,11). The van der Waals surface area contributed by atoms with Crippen LogP contribution in [0.2, 0.25) is 0 Å². The molecule has 0 radical (unpaired) electrons.